The minimum Gasteiger partial charge on any atom is -0.413 e. The molecule has 2 aliphatic rings. The molecule has 0 aromatic rings. The molecular weight excluding hydrogens is 428 g/mol. The Balaban J connectivity index is 2.24. The van der Waals surface area contributed by atoms with Crippen LogP contribution in [0.1, 0.15) is 80.1 Å². The van der Waals surface area contributed by atoms with Crippen molar-refractivity contribution in [2.24, 2.45) is 11.8 Å². The Morgan fingerprint density at radius 3 is 2.03 bits per heavy atom. The number of ketones is 1. The minimum absolute atomic E-state index is 0.0364. The van der Waals surface area contributed by atoms with Gasteiger partial charge in [0.25, 0.3) is 0 Å². The van der Waals surface area contributed by atoms with Gasteiger partial charge in [0.05, 0.1) is 12.2 Å². The van der Waals surface area contributed by atoms with Crippen molar-refractivity contribution >= 4 is 22.4 Å². The van der Waals surface area contributed by atoms with Crippen molar-refractivity contribution in [3.8, 4) is 0 Å². The molecule has 2 fully saturated rings. The molecule has 2 aliphatic carbocycles. The maximum Gasteiger partial charge on any atom is 0.192 e. The molecule has 0 bridgehead atoms. The van der Waals surface area contributed by atoms with Crippen LogP contribution in [0.25, 0.3) is 0 Å². The zero-order valence-electron chi connectivity index (χ0n) is 22.6. The van der Waals surface area contributed by atoms with Crippen LogP contribution in [0.3, 0.4) is 0 Å². The average molecular weight is 479 g/mol. The molecule has 184 valence electrons. The van der Waals surface area contributed by atoms with Crippen LogP contribution in [0.15, 0.2) is 24.3 Å². The largest absolute Gasteiger partial charge is 0.413 e. The van der Waals surface area contributed by atoms with Gasteiger partial charge in [-0.15, -0.1) is 0 Å². The van der Waals surface area contributed by atoms with Crippen LogP contribution in [0.5, 0.6) is 0 Å². The van der Waals surface area contributed by atoms with E-state index >= 15 is 0 Å². The quantitative estimate of drug-likeness (QED) is 0.201. The monoisotopic (exact) mass is 478 g/mol. The predicted molar refractivity (Wildman–Crippen MR) is 142 cm³/mol. The molecular formula is C27H50O3Si2. The molecule has 0 aromatic heterocycles. The Bertz CT molecular complexity index is 703. The fourth-order valence-electron chi connectivity index (χ4n) is 4.30. The van der Waals surface area contributed by atoms with Gasteiger partial charge < -0.3 is 8.85 Å². The molecule has 0 spiro atoms. The second-order valence-corrected chi connectivity index (χ2v) is 22.8. The molecule has 2 saturated carbocycles. The molecule has 0 amide bonds. The lowest BCUT2D eigenvalue weighted by atomic mass is 9.97. The number of carbonyl (C=O) groups excluding carboxylic acids is 1. The van der Waals surface area contributed by atoms with E-state index in [1.165, 1.54) is 25.7 Å². The first-order valence-electron chi connectivity index (χ1n) is 12.7. The number of Topliss-reactive ketones (excluding diaryl/α,β-unsaturated/α-hetero) is 1. The summed E-state index contributed by atoms with van der Waals surface area (Å²) in [4.78, 5) is 12.6. The first-order chi connectivity index (χ1) is 14.4. The highest BCUT2D eigenvalue weighted by Crippen LogP contribution is 2.42. The maximum atomic E-state index is 12.6. The fourth-order valence-corrected chi connectivity index (χ4v) is 6.93. The third-order valence-electron chi connectivity index (χ3n) is 8.63. The standard InChI is InChI=1S/C27H50O3Si2/c1-20-23(25(19-24(20)28)30-32(10,11)27(5,6)7)17-16-22(18-21-14-12-13-15-21)29-31(8,9)26(2,3)4/h16-17,21-23,25H,1,12-15,18-19H2,2-11H3/b17-16+/t22-,23-,25-/m1/s1. The minimum atomic E-state index is -1.97. The second kappa shape index (κ2) is 10.0. The number of hydrogen-bond acceptors (Lipinski definition) is 3. The van der Waals surface area contributed by atoms with Gasteiger partial charge in [0.15, 0.2) is 22.4 Å². The summed E-state index contributed by atoms with van der Waals surface area (Å²) < 4.78 is 13.6. The molecule has 0 radical (unpaired) electrons. The van der Waals surface area contributed by atoms with Crippen molar-refractivity contribution < 1.29 is 13.6 Å². The zero-order valence-corrected chi connectivity index (χ0v) is 24.6. The summed E-state index contributed by atoms with van der Waals surface area (Å²) in [6, 6.07) is 0. The van der Waals surface area contributed by atoms with Crippen molar-refractivity contribution in [1.29, 1.82) is 0 Å². The number of hydrogen-bond donors (Lipinski definition) is 0. The molecule has 3 nitrogen and oxygen atoms in total. The smallest absolute Gasteiger partial charge is 0.192 e. The lowest BCUT2D eigenvalue weighted by molar-refractivity contribution is -0.115. The van der Waals surface area contributed by atoms with E-state index in [2.05, 4.69) is 86.5 Å². The van der Waals surface area contributed by atoms with Crippen LogP contribution in [0, 0.1) is 11.8 Å². The maximum absolute atomic E-state index is 12.6. The van der Waals surface area contributed by atoms with E-state index in [-0.39, 0.29) is 34.0 Å². The van der Waals surface area contributed by atoms with Gasteiger partial charge in [-0.3, -0.25) is 4.79 Å². The summed E-state index contributed by atoms with van der Waals surface area (Å²) in [5.41, 5.74) is 0.705. The highest BCUT2D eigenvalue weighted by Gasteiger charge is 2.45. The van der Waals surface area contributed by atoms with Crippen molar-refractivity contribution in [1.82, 2.24) is 0 Å². The molecule has 5 heteroatoms. The molecule has 2 rings (SSSR count). The van der Waals surface area contributed by atoms with Crippen molar-refractivity contribution in [2.75, 3.05) is 0 Å². The average Bonchev–Trinajstić information content (AvgIpc) is 3.19. The van der Waals surface area contributed by atoms with E-state index in [1.54, 1.807) is 0 Å². The van der Waals surface area contributed by atoms with E-state index < -0.39 is 16.6 Å². The van der Waals surface area contributed by atoms with Gasteiger partial charge in [-0.2, -0.15) is 0 Å². The summed E-state index contributed by atoms with van der Waals surface area (Å²) in [5, 5.41) is 0.292. The van der Waals surface area contributed by atoms with Crippen LogP contribution in [0.2, 0.25) is 36.3 Å². The van der Waals surface area contributed by atoms with Crippen LogP contribution in [-0.4, -0.2) is 34.6 Å². The SMILES string of the molecule is C=C1C(=O)C[C@@H](O[Si](C)(C)C(C)(C)C)[C@@H]1/C=C/[C@H](CC1CCCC1)O[Si](C)(C)C(C)(C)C. The van der Waals surface area contributed by atoms with Crippen LogP contribution in [-0.2, 0) is 13.6 Å². The highest BCUT2D eigenvalue weighted by atomic mass is 28.4. The van der Waals surface area contributed by atoms with Gasteiger partial charge in [-0.05, 0) is 54.2 Å². The Morgan fingerprint density at radius 2 is 1.53 bits per heavy atom. The van der Waals surface area contributed by atoms with Gasteiger partial charge in [-0.1, -0.05) is 86.0 Å². The van der Waals surface area contributed by atoms with Gasteiger partial charge in [0, 0.05) is 12.3 Å². The summed E-state index contributed by atoms with van der Waals surface area (Å²) in [6.45, 7) is 27.0. The molecule has 0 aliphatic heterocycles. The van der Waals surface area contributed by atoms with E-state index in [1.807, 2.05) is 0 Å². The number of carbonyl (C=O) groups is 1. The second-order valence-electron chi connectivity index (χ2n) is 13.3. The molecule has 0 heterocycles. The fraction of sp³-hybridized carbons (Fsp3) is 0.815. The van der Waals surface area contributed by atoms with Crippen LogP contribution in [0.4, 0.5) is 0 Å². The van der Waals surface area contributed by atoms with Gasteiger partial charge >= 0.3 is 0 Å². The van der Waals surface area contributed by atoms with Gasteiger partial charge in [0.2, 0.25) is 0 Å². The summed E-state index contributed by atoms with van der Waals surface area (Å²) in [7, 11) is -3.86. The molecule has 0 N–H and O–H groups in total. The first kappa shape index (κ1) is 27.7. The normalized spacial score (nSPS) is 25.3. The number of rotatable bonds is 8. The topological polar surface area (TPSA) is 35.5 Å². The van der Waals surface area contributed by atoms with E-state index in [0.717, 1.165) is 12.3 Å². The summed E-state index contributed by atoms with van der Waals surface area (Å²) in [5.74, 6) is 0.869. The Kier molecular flexibility index (Phi) is 8.68. The van der Waals surface area contributed by atoms with Gasteiger partial charge in [0.1, 0.15) is 0 Å². The van der Waals surface area contributed by atoms with E-state index in [9.17, 15) is 4.79 Å². The molecule has 0 aromatic carbocycles. The van der Waals surface area contributed by atoms with Crippen molar-refractivity contribution in [3.63, 3.8) is 0 Å². The Labute approximate surface area is 200 Å². The third kappa shape index (κ3) is 6.77. The molecule has 3 atom stereocenters. The van der Waals surface area contributed by atoms with Crippen LogP contribution >= 0.6 is 0 Å². The predicted octanol–water partition coefficient (Wildman–Crippen LogP) is 8.05. The van der Waals surface area contributed by atoms with Gasteiger partial charge in [-0.25, -0.2) is 0 Å². The first-order valence-corrected chi connectivity index (χ1v) is 18.5. The van der Waals surface area contributed by atoms with E-state index in [0.29, 0.717) is 12.0 Å². The van der Waals surface area contributed by atoms with Crippen molar-refractivity contribution in [3.05, 3.63) is 24.3 Å². The summed E-state index contributed by atoms with van der Waals surface area (Å²) in [6.07, 6.45) is 11.3. The summed E-state index contributed by atoms with van der Waals surface area (Å²) >= 11 is 0. The Morgan fingerprint density at radius 1 is 1.00 bits per heavy atom. The van der Waals surface area contributed by atoms with E-state index in [4.69, 9.17) is 8.85 Å². The zero-order chi connectivity index (χ0) is 24.5. The molecule has 32 heavy (non-hydrogen) atoms. The molecule has 0 unspecified atom stereocenters. The Hall–Kier alpha value is -0.496. The molecule has 0 saturated heterocycles. The van der Waals surface area contributed by atoms with Crippen LogP contribution < -0.4 is 0 Å². The van der Waals surface area contributed by atoms with Crippen molar-refractivity contribution in [2.45, 2.75) is 129 Å². The third-order valence-corrected chi connectivity index (χ3v) is 17.6. The lowest BCUT2D eigenvalue weighted by Gasteiger charge is -2.40. The lowest BCUT2D eigenvalue weighted by Crippen LogP contribution is -2.45. The highest BCUT2D eigenvalue weighted by molar-refractivity contribution is 6.74.